The Morgan fingerprint density at radius 1 is 1.47 bits per heavy atom. The van der Waals surface area contributed by atoms with Crippen molar-refractivity contribution in [3.8, 4) is 0 Å². The predicted molar refractivity (Wildman–Crippen MR) is 75.1 cm³/mol. The first-order valence-electron chi connectivity index (χ1n) is 5.79. The lowest BCUT2D eigenvalue weighted by molar-refractivity contribution is -0.117. The number of rotatable bonds is 4. The molecular formula is C13H19BrN2O. The molecule has 0 aliphatic rings. The average molecular weight is 299 g/mol. The van der Waals surface area contributed by atoms with Crippen molar-refractivity contribution < 1.29 is 4.79 Å². The van der Waals surface area contributed by atoms with E-state index >= 15 is 0 Å². The van der Waals surface area contributed by atoms with Crippen LogP contribution in [0.2, 0.25) is 0 Å². The number of aryl methyl sites for hydroxylation is 2. The van der Waals surface area contributed by atoms with Gasteiger partial charge in [0.15, 0.2) is 0 Å². The number of benzene rings is 1. The summed E-state index contributed by atoms with van der Waals surface area (Å²) in [6.07, 6.45) is 1.61. The van der Waals surface area contributed by atoms with Gasteiger partial charge < -0.3 is 11.1 Å². The molecule has 0 radical (unpaired) electrons. The second-order valence-electron chi connectivity index (χ2n) is 4.32. The number of carbonyl (C=O) groups is 1. The predicted octanol–water partition coefficient (Wildman–Crippen LogP) is 3.13. The fourth-order valence-electron chi connectivity index (χ4n) is 1.73. The van der Waals surface area contributed by atoms with E-state index in [2.05, 4.69) is 21.2 Å². The van der Waals surface area contributed by atoms with Crippen LogP contribution in [0.4, 0.5) is 5.69 Å². The molecular weight excluding hydrogens is 280 g/mol. The van der Waals surface area contributed by atoms with Gasteiger partial charge in [-0.05, 0) is 53.4 Å². The van der Waals surface area contributed by atoms with Crippen LogP contribution < -0.4 is 11.1 Å². The maximum Gasteiger partial charge on any atom is 0.241 e. The largest absolute Gasteiger partial charge is 0.323 e. The van der Waals surface area contributed by atoms with Crippen LogP contribution in [0.1, 0.15) is 30.9 Å². The maximum atomic E-state index is 11.8. The number of hydrogen-bond donors (Lipinski definition) is 2. The molecule has 0 heterocycles. The molecule has 0 aliphatic heterocycles. The van der Waals surface area contributed by atoms with Crippen molar-refractivity contribution >= 4 is 27.5 Å². The average Bonchev–Trinajstić information content (AvgIpc) is 2.23. The molecule has 0 fully saturated rings. The van der Waals surface area contributed by atoms with E-state index in [1.54, 1.807) is 0 Å². The zero-order valence-electron chi connectivity index (χ0n) is 10.5. The third-order valence-corrected chi connectivity index (χ3v) is 3.24. The Morgan fingerprint density at radius 3 is 2.65 bits per heavy atom. The minimum absolute atomic E-state index is 0.125. The molecule has 1 aromatic rings. The van der Waals surface area contributed by atoms with Gasteiger partial charge in [-0.15, -0.1) is 0 Å². The van der Waals surface area contributed by atoms with E-state index in [4.69, 9.17) is 5.73 Å². The Balaban J connectivity index is 2.85. The molecule has 1 rings (SSSR count). The van der Waals surface area contributed by atoms with E-state index in [-0.39, 0.29) is 5.91 Å². The summed E-state index contributed by atoms with van der Waals surface area (Å²) in [5, 5.41) is 2.88. The third kappa shape index (κ3) is 3.82. The Morgan fingerprint density at radius 2 is 2.12 bits per heavy atom. The van der Waals surface area contributed by atoms with Crippen LogP contribution in [0, 0.1) is 13.8 Å². The fourth-order valence-corrected chi connectivity index (χ4v) is 2.50. The van der Waals surface area contributed by atoms with E-state index in [0.29, 0.717) is 6.42 Å². The SMILES string of the molecule is CCCC(N)C(=O)Nc1c(C)cc(C)cc1Br. The standard InChI is InChI=1S/C13H19BrN2O/c1-4-5-11(15)13(17)16-12-9(3)6-8(2)7-10(12)14/h6-7,11H,4-5,15H2,1-3H3,(H,16,17). The summed E-state index contributed by atoms with van der Waals surface area (Å²) in [6, 6.07) is 3.58. The highest BCUT2D eigenvalue weighted by Gasteiger charge is 2.15. The molecule has 94 valence electrons. The zero-order valence-corrected chi connectivity index (χ0v) is 12.1. The molecule has 0 saturated carbocycles. The van der Waals surface area contributed by atoms with E-state index in [1.807, 2.05) is 32.9 Å². The highest BCUT2D eigenvalue weighted by molar-refractivity contribution is 9.10. The van der Waals surface area contributed by atoms with Gasteiger partial charge in [0.25, 0.3) is 0 Å². The molecule has 0 aliphatic carbocycles. The molecule has 1 unspecified atom stereocenters. The molecule has 4 heteroatoms. The van der Waals surface area contributed by atoms with Crippen LogP contribution in [0.3, 0.4) is 0 Å². The molecule has 17 heavy (non-hydrogen) atoms. The number of carbonyl (C=O) groups excluding carboxylic acids is 1. The van der Waals surface area contributed by atoms with Crippen molar-refractivity contribution in [2.75, 3.05) is 5.32 Å². The minimum Gasteiger partial charge on any atom is -0.323 e. The van der Waals surface area contributed by atoms with Crippen molar-refractivity contribution in [3.05, 3.63) is 27.7 Å². The summed E-state index contributed by atoms with van der Waals surface area (Å²) < 4.78 is 0.895. The highest BCUT2D eigenvalue weighted by atomic mass is 79.9. The van der Waals surface area contributed by atoms with Gasteiger partial charge in [0.2, 0.25) is 5.91 Å². The fraction of sp³-hybridized carbons (Fsp3) is 0.462. The third-order valence-electron chi connectivity index (χ3n) is 2.62. The molecule has 1 amide bonds. The minimum atomic E-state index is -0.437. The van der Waals surface area contributed by atoms with Crippen molar-refractivity contribution in [1.82, 2.24) is 0 Å². The second-order valence-corrected chi connectivity index (χ2v) is 5.18. The first-order valence-corrected chi connectivity index (χ1v) is 6.58. The van der Waals surface area contributed by atoms with Crippen molar-refractivity contribution in [2.24, 2.45) is 5.73 Å². The summed E-state index contributed by atoms with van der Waals surface area (Å²) in [5.74, 6) is -0.125. The van der Waals surface area contributed by atoms with Crippen molar-refractivity contribution in [2.45, 2.75) is 39.7 Å². The first kappa shape index (κ1) is 14.2. The Labute approximate surface area is 111 Å². The van der Waals surface area contributed by atoms with Gasteiger partial charge in [-0.1, -0.05) is 19.4 Å². The van der Waals surface area contributed by atoms with Crippen molar-refractivity contribution in [1.29, 1.82) is 0 Å². The lowest BCUT2D eigenvalue weighted by Crippen LogP contribution is -2.35. The normalized spacial score (nSPS) is 12.3. The second kappa shape index (κ2) is 6.17. The number of hydrogen-bond acceptors (Lipinski definition) is 2. The Bertz CT molecular complexity index is 395. The lowest BCUT2D eigenvalue weighted by atomic mass is 10.1. The number of nitrogens with one attached hydrogen (secondary N) is 1. The number of halogens is 1. The zero-order chi connectivity index (χ0) is 13.0. The van der Waals surface area contributed by atoms with Crippen LogP contribution in [-0.2, 0) is 4.79 Å². The van der Waals surface area contributed by atoms with Crippen LogP contribution in [0.5, 0.6) is 0 Å². The smallest absolute Gasteiger partial charge is 0.241 e. The Hall–Kier alpha value is -0.870. The van der Waals surface area contributed by atoms with Crippen LogP contribution >= 0.6 is 15.9 Å². The summed E-state index contributed by atoms with van der Waals surface area (Å²) in [4.78, 5) is 11.8. The van der Waals surface area contributed by atoms with Gasteiger partial charge in [-0.3, -0.25) is 4.79 Å². The summed E-state index contributed by atoms with van der Waals surface area (Å²) in [5.41, 5.74) is 8.78. The van der Waals surface area contributed by atoms with Gasteiger partial charge >= 0.3 is 0 Å². The van der Waals surface area contributed by atoms with E-state index in [9.17, 15) is 4.79 Å². The number of anilines is 1. The maximum absolute atomic E-state index is 11.8. The molecule has 0 aromatic heterocycles. The summed E-state index contributed by atoms with van der Waals surface area (Å²) in [6.45, 7) is 6.01. The molecule has 0 spiro atoms. The van der Waals surface area contributed by atoms with Crippen LogP contribution in [0.15, 0.2) is 16.6 Å². The Kier molecular flexibility index (Phi) is 5.15. The molecule has 0 saturated heterocycles. The van der Waals surface area contributed by atoms with E-state index in [1.165, 1.54) is 0 Å². The summed E-state index contributed by atoms with van der Waals surface area (Å²) >= 11 is 3.46. The van der Waals surface area contributed by atoms with Gasteiger partial charge in [0.1, 0.15) is 0 Å². The van der Waals surface area contributed by atoms with Crippen LogP contribution in [-0.4, -0.2) is 11.9 Å². The quantitative estimate of drug-likeness (QED) is 0.897. The van der Waals surface area contributed by atoms with Gasteiger partial charge in [-0.2, -0.15) is 0 Å². The molecule has 3 nitrogen and oxygen atoms in total. The van der Waals surface area contributed by atoms with Crippen molar-refractivity contribution in [3.63, 3.8) is 0 Å². The van der Waals surface area contributed by atoms with E-state index in [0.717, 1.165) is 27.7 Å². The lowest BCUT2D eigenvalue weighted by Gasteiger charge is -2.15. The van der Waals surface area contributed by atoms with Gasteiger partial charge in [-0.25, -0.2) is 0 Å². The van der Waals surface area contributed by atoms with Crippen LogP contribution in [0.25, 0.3) is 0 Å². The summed E-state index contributed by atoms with van der Waals surface area (Å²) in [7, 11) is 0. The number of amides is 1. The van der Waals surface area contributed by atoms with E-state index < -0.39 is 6.04 Å². The molecule has 1 atom stereocenters. The topological polar surface area (TPSA) is 55.1 Å². The molecule has 1 aromatic carbocycles. The molecule has 3 N–H and O–H groups in total. The van der Waals surface area contributed by atoms with Gasteiger partial charge in [0, 0.05) is 4.47 Å². The first-order chi connectivity index (χ1) is 7.95. The monoisotopic (exact) mass is 298 g/mol. The molecule has 0 bridgehead atoms. The highest BCUT2D eigenvalue weighted by Crippen LogP contribution is 2.27. The van der Waals surface area contributed by atoms with Gasteiger partial charge in [0.05, 0.1) is 11.7 Å². The number of nitrogens with two attached hydrogens (primary N) is 1.